The van der Waals surface area contributed by atoms with Crippen molar-refractivity contribution < 1.29 is 13.6 Å². The molecule has 4 aromatic rings. The lowest BCUT2D eigenvalue weighted by atomic mass is 9.95. The van der Waals surface area contributed by atoms with Crippen molar-refractivity contribution in [3.8, 4) is 0 Å². The molecule has 3 N–H and O–H groups in total. The Morgan fingerprint density at radius 3 is 2.84 bits per heavy atom. The van der Waals surface area contributed by atoms with Crippen LogP contribution in [0.25, 0.3) is 11.1 Å². The number of amides is 1. The van der Waals surface area contributed by atoms with E-state index in [9.17, 15) is 9.18 Å². The molecule has 0 fully saturated rings. The lowest BCUT2D eigenvalue weighted by Gasteiger charge is -2.27. The van der Waals surface area contributed by atoms with Crippen LogP contribution in [0.1, 0.15) is 36.6 Å². The van der Waals surface area contributed by atoms with Crippen LogP contribution in [0.2, 0.25) is 5.02 Å². The van der Waals surface area contributed by atoms with Crippen LogP contribution in [0.5, 0.6) is 0 Å². The van der Waals surface area contributed by atoms with E-state index in [2.05, 4.69) is 26.0 Å². The number of benzene rings is 2. The van der Waals surface area contributed by atoms with Gasteiger partial charge in [0.2, 0.25) is 5.96 Å². The van der Waals surface area contributed by atoms with Gasteiger partial charge in [-0.2, -0.15) is 10.1 Å². The number of carbonyl (C=O) groups is 1. The second kappa shape index (κ2) is 10.1. The molecule has 1 unspecified atom stereocenters. The number of fused-ring (bicyclic) bond motifs is 1. The molecule has 3 heterocycles. The Bertz CT molecular complexity index is 1560. The molecule has 5 rings (SSSR count). The minimum absolute atomic E-state index is 0.134. The molecule has 37 heavy (non-hydrogen) atoms. The Morgan fingerprint density at radius 1 is 1.24 bits per heavy atom. The zero-order valence-corrected chi connectivity index (χ0v) is 21.2. The van der Waals surface area contributed by atoms with Crippen molar-refractivity contribution in [2.75, 3.05) is 5.32 Å². The van der Waals surface area contributed by atoms with Gasteiger partial charge in [-0.15, -0.1) is 0 Å². The van der Waals surface area contributed by atoms with E-state index in [0.717, 1.165) is 17.7 Å². The van der Waals surface area contributed by atoms with Gasteiger partial charge >= 0.3 is 6.01 Å². The van der Waals surface area contributed by atoms with Crippen LogP contribution in [0.4, 0.5) is 10.4 Å². The first-order valence-electron chi connectivity index (χ1n) is 11.7. The van der Waals surface area contributed by atoms with Gasteiger partial charge in [0.15, 0.2) is 5.58 Å². The van der Waals surface area contributed by atoms with Crippen molar-refractivity contribution in [2.24, 2.45) is 4.99 Å². The number of anilines is 1. The predicted octanol–water partition coefficient (Wildman–Crippen LogP) is 4.85. The molecule has 1 amide bonds. The van der Waals surface area contributed by atoms with Gasteiger partial charge < -0.3 is 15.1 Å². The summed E-state index contributed by atoms with van der Waals surface area (Å²) in [5, 5.41) is 13.8. The second-order valence-corrected chi connectivity index (χ2v) is 9.12. The quantitative estimate of drug-likeness (QED) is 0.335. The van der Waals surface area contributed by atoms with Gasteiger partial charge in [0.05, 0.1) is 11.8 Å². The fourth-order valence-corrected chi connectivity index (χ4v) is 4.45. The Hall–Kier alpha value is -4.18. The molecule has 0 aliphatic carbocycles. The number of aromatic nitrogens is 3. The van der Waals surface area contributed by atoms with E-state index in [1.54, 1.807) is 17.8 Å². The lowest BCUT2D eigenvalue weighted by Crippen LogP contribution is -2.39. The highest BCUT2D eigenvalue weighted by molar-refractivity contribution is 6.31. The molecule has 0 bridgehead atoms. The summed E-state index contributed by atoms with van der Waals surface area (Å²) in [6.45, 7) is 6.79. The smallest absolute Gasteiger partial charge is 0.302 e. The molecule has 190 valence electrons. The number of rotatable bonds is 6. The first kappa shape index (κ1) is 24.5. The third-order valence-corrected chi connectivity index (χ3v) is 6.30. The Balaban J connectivity index is 1.44. The molecule has 11 heteroatoms. The first-order chi connectivity index (χ1) is 17.8. The third-order valence-electron chi connectivity index (χ3n) is 5.98. The second-order valence-electron chi connectivity index (χ2n) is 8.71. The maximum absolute atomic E-state index is 13.6. The van der Waals surface area contributed by atoms with Crippen LogP contribution in [-0.2, 0) is 17.9 Å². The Kier molecular flexibility index (Phi) is 6.66. The van der Waals surface area contributed by atoms with Crippen molar-refractivity contribution in [3.63, 3.8) is 0 Å². The largest absolute Gasteiger partial charge is 0.423 e. The van der Waals surface area contributed by atoms with Gasteiger partial charge in [-0.05, 0) is 44.5 Å². The van der Waals surface area contributed by atoms with Gasteiger partial charge in [0, 0.05) is 47.2 Å². The molecule has 2 aromatic heterocycles. The average molecular weight is 522 g/mol. The van der Waals surface area contributed by atoms with E-state index in [1.807, 2.05) is 38.2 Å². The third kappa shape index (κ3) is 5.19. The van der Waals surface area contributed by atoms with Crippen LogP contribution >= 0.6 is 11.6 Å². The van der Waals surface area contributed by atoms with Crippen molar-refractivity contribution in [3.05, 3.63) is 87.6 Å². The topological polar surface area (TPSA) is 109 Å². The monoisotopic (exact) mass is 521 g/mol. The van der Waals surface area contributed by atoms with E-state index < -0.39 is 11.9 Å². The molecule has 2 aromatic carbocycles. The highest BCUT2D eigenvalue weighted by Crippen LogP contribution is 2.35. The maximum atomic E-state index is 13.6. The average Bonchev–Trinajstić information content (AvgIpc) is 3.48. The molecule has 1 aliphatic heterocycles. The molecular formula is C26H25ClFN7O2. The summed E-state index contributed by atoms with van der Waals surface area (Å²) < 4.78 is 21.0. The van der Waals surface area contributed by atoms with E-state index in [1.165, 1.54) is 18.2 Å². The molecule has 0 saturated carbocycles. The molecule has 1 aliphatic rings. The van der Waals surface area contributed by atoms with Crippen molar-refractivity contribution in [1.82, 2.24) is 25.4 Å². The summed E-state index contributed by atoms with van der Waals surface area (Å²) >= 11 is 6.61. The van der Waals surface area contributed by atoms with Crippen LogP contribution in [-0.4, -0.2) is 26.6 Å². The van der Waals surface area contributed by atoms with Gasteiger partial charge in [-0.25, -0.2) is 9.38 Å². The minimum atomic E-state index is -0.697. The summed E-state index contributed by atoms with van der Waals surface area (Å²) in [5.41, 5.74) is 4.37. The van der Waals surface area contributed by atoms with Crippen LogP contribution in [0, 0.1) is 12.7 Å². The SMILES string of the molecule is CCn1cc(CNC(=O)C2=C(C)NC(Nc3nc4ccc(F)cc4o3)=NC2c2ccc(C)cc2Cl)cn1. The summed E-state index contributed by atoms with van der Waals surface area (Å²) in [5.74, 6) is -0.392. The zero-order chi connectivity index (χ0) is 26.1. The number of allylic oxidation sites excluding steroid dienone is 1. The molecule has 1 atom stereocenters. The van der Waals surface area contributed by atoms with Gasteiger partial charge in [-0.1, -0.05) is 23.7 Å². The van der Waals surface area contributed by atoms with Gasteiger partial charge in [-0.3, -0.25) is 14.8 Å². The molecule has 9 nitrogen and oxygen atoms in total. The summed E-state index contributed by atoms with van der Waals surface area (Å²) in [7, 11) is 0. The van der Waals surface area contributed by atoms with Crippen molar-refractivity contribution in [1.29, 1.82) is 0 Å². The van der Waals surface area contributed by atoms with E-state index in [4.69, 9.17) is 21.0 Å². The van der Waals surface area contributed by atoms with Crippen LogP contribution < -0.4 is 16.0 Å². The fraction of sp³-hybridized carbons (Fsp3) is 0.231. The predicted molar refractivity (Wildman–Crippen MR) is 140 cm³/mol. The highest BCUT2D eigenvalue weighted by atomic mass is 35.5. The molecule has 0 radical (unpaired) electrons. The van der Waals surface area contributed by atoms with E-state index >= 15 is 0 Å². The summed E-state index contributed by atoms with van der Waals surface area (Å²) in [6, 6.07) is 9.16. The standard InChI is InChI=1S/C26H25ClFN7O2/c1-4-35-13-16(12-30-35)11-29-24(36)22-15(3)31-25(33-23(22)18-7-5-14(2)9-19(18)27)34-26-32-20-8-6-17(28)10-21(20)37-26/h5-10,12-13,23H,4,11H2,1-3H3,(H,29,36)(H2,31,32,33,34). The number of oxazole rings is 1. The molecule has 0 saturated heterocycles. The van der Waals surface area contributed by atoms with E-state index in [-0.39, 0.29) is 11.9 Å². The maximum Gasteiger partial charge on any atom is 0.302 e. The number of aliphatic imine (C=N–C) groups is 1. The van der Waals surface area contributed by atoms with Gasteiger partial charge in [0.1, 0.15) is 17.4 Å². The summed E-state index contributed by atoms with van der Waals surface area (Å²) in [4.78, 5) is 22.5. The molecular weight excluding hydrogens is 497 g/mol. The highest BCUT2D eigenvalue weighted by Gasteiger charge is 2.31. The Morgan fingerprint density at radius 2 is 2.08 bits per heavy atom. The van der Waals surface area contributed by atoms with Crippen LogP contribution in [0.15, 0.2) is 69.5 Å². The van der Waals surface area contributed by atoms with Gasteiger partial charge in [0.25, 0.3) is 5.91 Å². The molecule has 0 spiro atoms. The summed E-state index contributed by atoms with van der Waals surface area (Å²) in [6.07, 6.45) is 3.62. The fourth-order valence-electron chi connectivity index (χ4n) is 4.11. The zero-order valence-electron chi connectivity index (χ0n) is 20.5. The number of aryl methyl sites for hydroxylation is 2. The Labute approximate surface area is 217 Å². The van der Waals surface area contributed by atoms with Crippen molar-refractivity contribution >= 4 is 40.6 Å². The number of hydrogen-bond acceptors (Lipinski definition) is 7. The minimum Gasteiger partial charge on any atom is -0.423 e. The number of guanidine groups is 1. The lowest BCUT2D eigenvalue weighted by molar-refractivity contribution is -0.118. The van der Waals surface area contributed by atoms with E-state index in [0.29, 0.717) is 45.5 Å². The van der Waals surface area contributed by atoms with Crippen LogP contribution in [0.3, 0.4) is 0 Å². The first-order valence-corrected chi connectivity index (χ1v) is 12.1. The number of nitrogens with zero attached hydrogens (tertiary/aromatic N) is 4. The van der Waals surface area contributed by atoms with Crippen molar-refractivity contribution in [2.45, 2.75) is 39.9 Å². The number of carbonyl (C=O) groups excluding carboxylic acids is 1. The number of nitrogens with one attached hydrogen (secondary N) is 3. The number of halogens is 2. The number of hydrogen-bond donors (Lipinski definition) is 3. The normalized spacial score (nSPS) is 15.5.